The topological polar surface area (TPSA) is 95.8 Å². The van der Waals surface area contributed by atoms with Gasteiger partial charge in [-0.2, -0.15) is 0 Å². The van der Waals surface area contributed by atoms with E-state index < -0.39 is 17.0 Å². The summed E-state index contributed by atoms with van der Waals surface area (Å²) in [5, 5.41) is 10.5. The number of Topliss-reactive ketones (excluding diaryl/α,β-unsaturated/α-hetero) is 1. The summed E-state index contributed by atoms with van der Waals surface area (Å²) in [6, 6.07) is 3.53. The predicted octanol–water partition coefficient (Wildman–Crippen LogP) is 2.52. The summed E-state index contributed by atoms with van der Waals surface area (Å²) in [4.78, 5) is 17.2. The van der Waals surface area contributed by atoms with Crippen molar-refractivity contribution in [1.82, 2.24) is 0 Å². The predicted molar refractivity (Wildman–Crippen MR) is 98.9 cm³/mol. The van der Waals surface area contributed by atoms with Gasteiger partial charge in [0.25, 0.3) is 5.78 Å². The lowest BCUT2D eigenvalue weighted by Gasteiger charge is -2.33. The van der Waals surface area contributed by atoms with Crippen molar-refractivity contribution in [1.29, 1.82) is 0 Å². The van der Waals surface area contributed by atoms with Crippen molar-refractivity contribution in [2.45, 2.75) is 19.4 Å². The molecule has 28 heavy (non-hydrogen) atoms. The highest BCUT2D eigenvalue weighted by atomic mass is 16.7. The third-order valence-electron chi connectivity index (χ3n) is 5.18. The van der Waals surface area contributed by atoms with Crippen LogP contribution in [0.5, 0.6) is 17.2 Å². The Hall–Kier alpha value is -3.16. The zero-order valence-corrected chi connectivity index (χ0v) is 16.1. The second-order valence-corrected chi connectivity index (χ2v) is 6.84. The monoisotopic (exact) mass is 387 g/mol. The fourth-order valence-electron chi connectivity index (χ4n) is 4.09. The van der Waals surface area contributed by atoms with Gasteiger partial charge < -0.3 is 28.8 Å². The fourth-order valence-corrected chi connectivity index (χ4v) is 4.09. The van der Waals surface area contributed by atoms with Gasteiger partial charge in [0.15, 0.2) is 23.0 Å². The molecule has 2 atom stereocenters. The van der Waals surface area contributed by atoms with Gasteiger partial charge in [0.2, 0.25) is 18.3 Å². The maximum absolute atomic E-state index is 12.4. The molecule has 1 spiro atoms. The Bertz CT molecular complexity index is 946. The first kappa shape index (κ1) is 18.2. The van der Waals surface area contributed by atoms with E-state index in [9.17, 15) is 9.90 Å². The molecule has 0 amide bonds. The first-order valence-corrected chi connectivity index (χ1v) is 8.80. The minimum absolute atomic E-state index is 0.0489. The number of benzene rings is 1. The Kier molecular flexibility index (Phi) is 4.21. The Morgan fingerprint density at radius 2 is 1.96 bits per heavy atom. The summed E-state index contributed by atoms with van der Waals surface area (Å²) in [7, 11) is 4.36. The average molecular weight is 387 g/mol. The highest BCUT2D eigenvalue weighted by Crippen LogP contribution is 2.50. The third kappa shape index (κ3) is 2.44. The lowest BCUT2D eigenvalue weighted by Crippen LogP contribution is -2.36. The van der Waals surface area contributed by atoms with E-state index >= 15 is 0 Å². The second-order valence-electron chi connectivity index (χ2n) is 6.84. The van der Waals surface area contributed by atoms with Crippen molar-refractivity contribution in [3.63, 3.8) is 0 Å². The number of ether oxygens (including phenoxy) is 5. The van der Waals surface area contributed by atoms with Crippen molar-refractivity contribution in [2.75, 3.05) is 28.1 Å². The second kappa shape index (κ2) is 6.47. The highest BCUT2D eigenvalue weighted by Gasteiger charge is 2.51. The number of methoxy groups -OCH3 is 3. The summed E-state index contributed by atoms with van der Waals surface area (Å²) < 4.78 is 27.2. The van der Waals surface area contributed by atoms with Gasteiger partial charge in [-0.1, -0.05) is 0 Å². The van der Waals surface area contributed by atoms with Crippen LogP contribution in [-0.4, -0.2) is 50.8 Å². The summed E-state index contributed by atoms with van der Waals surface area (Å²) in [6.07, 6.45) is 2.18. The minimum Gasteiger partial charge on any atom is -0.502 e. The number of aliphatic hydroxyl groups excluding tert-OH is 1. The molecule has 3 aliphatic rings. The van der Waals surface area contributed by atoms with Crippen LogP contribution in [0.15, 0.2) is 40.5 Å². The fraction of sp³-hybridized carbons (Fsp3) is 0.400. The summed E-state index contributed by atoms with van der Waals surface area (Å²) >= 11 is 0. The smallest absolute Gasteiger partial charge is 0.265 e. The Labute approximate surface area is 162 Å². The van der Waals surface area contributed by atoms with Crippen LogP contribution in [-0.2, 0) is 14.3 Å². The number of nitrogens with zero attached hydrogens (tertiary/aromatic N) is 1. The van der Waals surface area contributed by atoms with E-state index in [1.54, 1.807) is 19.3 Å². The van der Waals surface area contributed by atoms with Crippen LogP contribution in [0.2, 0.25) is 0 Å². The molecule has 1 aliphatic carbocycles. The van der Waals surface area contributed by atoms with Crippen LogP contribution in [0, 0.1) is 5.41 Å². The standard InChI is InChI=1S/C20H21NO7/c1-10-7-20(8-14(25-3)15(22)16(23)19(20)26-4)18(21-10)11-5-12(24-2)17-13(6-11)27-9-28-17/h5-6,8,10,23H,7,9H2,1-4H3. The summed E-state index contributed by atoms with van der Waals surface area (Å²) in [5.41, 5.74) is 0.395. The third-order valence-corrected chi connectivity index (χ3v) is 5.18. The molecule has 1 N–H and O–H groups in total. The molecular weight excluding hydrogens is 366 g/mol. The Morgan fingerprint density at radius 3 is 2.64 bits per heavy atom. The highest BCUT2D eigenvalue weighted by molar-refractivity contribution is 6.15. The zero-order valence-electron chi connectivity index (χ0n) is 16.1. The molecular formula is C20H21NO7. The molecule has 1 aromatic carbocycles. The van der Waals surface area contributed by atoms with E-state index in [-0.39, 0.29) is 24.4 Å². The van der Waals surface area contributed by atoms with Crippen LogP contribution in [0.3, 0.4) is 0 Å². The van der Waals surface area contributed by atoms with Crippen molar-refractivity contribution in [2.24, 2.45) is 10.4 Å². The van der Waals surface area contributed by atoms with Crippen molar-refractivity contribution < 1.29 is 33.6 Å². The lowest BCUT2D eigenvalue weighted by molar-refractivity contribution is -0.118. The van der Waals surface area contributed by atoms with Crippen molar-refractivity contribution in [3.8, 4) is 17.2 Å². The van der Waals surface area contributed by atoms with Gasteiger partial charge >= 0.3 is 0 Å². The number of allylic oxidation sites excluding steroid dienone is 1. The molecule has 4 rings (SSSR count). The quantitative estimate of drug-likeness (QED) is 0.848. The number of carbonyl (C=O) groups is 1. The number of carbonyl (C=O) groups excluding carboxylic acids is 1. The van der Waals surface area contributed by atoms with Crippen LogP contribution >= 0.6 is 0 Å². The van der Waals surface area contributed by atoms with Crippen LogP contribution < -0.4 is 14.2 Å². The molecule has 8 nitrogen and oxygen atoms in total. The van der Waals surface area contributed by atoms with Gasteiger partial charge in [-0.25, -0.2) is 0 Å². The van der Waals surface area contributed by atoms with E-state index in [1.165, 1.54) is 14.2 Å². The van der Waals surface area contributed by atoms with Crippen LogP contribution in [0.25, 0.3) is 0 Å². The SMILES string of the molecule is COC1=CC2(CC(C)N=C2c2cc(OC)c3c(c2)OCO3)C(OC)=C(O)C1=O. The van der Waals surface area contributed by atoms with Gasteiger partial charge in [-0.15, -0.1) is 0 Å². The molecule has 0 fully saturated rings. The summed E-state index contributed by atoms with van der Waals surface area (Å²) in [5.74, 6) is 0.692. The van der Waals surface area contributed by atoms with E-state index in [0.29, 0.717) is 34.9 Å². The maximum Gasteiger partial charge on any atom is 0.265 e. The van der Waals surface area contributed by atoms with Crippen LogP contribution in [0.1, 0.15) is 18.9 Å². The van der Waals surface area contributed by atoms with Gasteiger partial charge in [-0.3, -0.25) is 9.79 Å². The normalized spacial score (nSPS) is 25.7. The van der Waals surface area contributed by atoms with Crippen LogP contribution in [0.4, 0.5) is 0 Å². The van der Waals surface area contributed by atoms with Gasteiger partial charge in [-0.05, 0) is 31.6 Å². The number of fused-ring (bicyclic) bond motifs is 1. The zero-order chi connectivity index (χ0) is 20.1. The number of hydrogen-bond donors (Lipinski definition) is 1. The summed E-state index contributed by atoms with van der Waals surface area (Å²) in [6.45, 7) is 2.06. The van der Waals surface area contributed by atoms with Crippen molar-refractivity contribution in [3.05, 3.63) is 41.0 Å². The molecule has 0 saturated heterocycles. The average Bonchev–Trinajstić information content (AvgIpc) is 3.29. The van der Waals surface area contributed by atoms with E-state index in [2.05, 4.69) is 0 Å². The lowest BCUT2D eigenvalue weighted by atomic mass is 9.72. The van der Waals surface area contributed by atoms with Gasteiger partial charge in [0, 0.05) is 11.6 Å². The molecule has 2 aliphatic heterocycles. The molecule has 2 heterocycles. The van der Waals surface area contributed by atoms with E-state index in [0.717, 1.165) is 0 Å². The van der Waals surface area contributed by atoms with E-state index in [4.69, 9.17) is 28.7 Å². The number of ketones is 1. The molecule has 0 saturated carbocycles. The van der Waals surface area contributed by atoms with Crippen molar-refractivity contribution >= 4 is 11.5 Å². The van der Waals surface area contributed by atoms with Gasteiger partial charge in [0.05, 0.1) is 32.5 Å². The first-order chi connectivity index (χ1) is 13.4. The minimum atomic E-state index is -0.948. The Morgan fingerprint density at radius 1 is 1.18 bits per heavy atom. The Balaban J connectivity index is 1.93. The van der Waals surface area contributed by atoms with E-state index in [1.807, 2.05) is 13.0 Å². The maximum atomic E-state index is 12.4. The number of aliphatic imine (C=N–C) groups is 1. The number of rotatable bonds is 4. The first-order valence-electron chi connectivity index (χ1n) is 8.80. The number of aliphatic hydroxyl groups is 1. The largest absolute Gasteiger partial charge is 0.502 e. The van der Waals surface area contributed by atoms with Gasteiger partial charge in [0.1, 0.15) is 0 Å². The number of hydrogen-bond acceptors (Lipinski definition) is 8. The molecule has 0 aromatic heterocycles. The molecule has 0 radical (unpaired) electrons. The molecule has 2 unspecified atom stereocenters. The molecule has 0 bridgehead atoms. The molecule has 8 heteroatoms. The molecule has 148 valence electrons. The molecule has 1 aromatic rings.